The fourth-order valence-electron chi connectivity index (χ4n) is 6.53. The molecule has 0 spiro atoms. The highest BCUT2D eigenvalue weighted by atomic mass is 15.2. The Bertz CT molecular complexity index is 1230. The second-order valence-corrected chi connectivity index (χ2v) is 9.67. The lowest BCUT2D eigenvalue weighted by Gasteiger charge is -2.33. The molecule has 1 saturated heterocycles. The first-order chi connectivity index (χ1) is 15.9. The van der Waals surface area contributed by atoms with Gasteiger partial charge in [-0.3, -0.25) is 0 Å². The number of rotatable bonds is 2. The lowest BCUT2D eigenvalue weighted by atomic mass is 9.78. The molecule has 0 amide bonds. The Morgan fingerprint density at radius 1 is 0.875 bits per heavy atom. The highest BCUT2D eigenvalue weighted by molar-refractivity contribution is 5.93. The number of anilines is 2. The van der Waals surface area contributed by atoms with E-state index in [9.17, 15) is 0 Å². The van der Waals surface area contributed by atoms with Gasteiger partial charge in [0, 0.05) is 34.9 Å². The third kappa shape index (κ3) is 2.76. The summed E-state index contributed by atoms with van der Waals surface area (Å²) in [5.74, 6) is 0.561. The van der Waals surface area contributed by atoms with Crippen LogP contribution in [0, 0.1) is 5.92 Å². The molecule has 2 aromatic rings. The van der Waals surface area contributed by atoms with Crippen LogP contribution in [-0.2, 0) is 0 Å². The van der Waals surface area contributed by atoms with E-state index >= 15 is 0 Å². The third-order valence-electron chi connectivity index (χ3n) is 8.01. The summed E-state index contributed by atoms with van der Waals surface area (Å²) in [6.45, 7) is 0. The molecule has 0 bridgehead atoms. The molecule has 158 valence electrons. The Balaban J connectivity index is 1.26. The van der Waals surface area contributed by atoms with E-state index in [-0.39, 0.29) is 0 Å². The summed E-state index contributed by atoms with van der Waals surface area (Å²) >= 11 is 0. The molecule has 2 nitrogen and oxygen atoms in total. The van der Waals surface area contributed by atoms with Crippen LogP contribution in [0.2, 0.25) is 0 Å². The quantitative estimate of drug-likeness (QED) is 0.602. The van der Waals surface area contributed by atoms with Gasteiger partial charge in [0.05, 0.1) is 6.04 Å². The monoisotopic (exact) mass is 416 g/mol. The van der Waals surface area contributed by atoms with Crippen molar-refractivity contribution >= 4 is 16.9 Å². The minimum atomic E-state index is 0.375. The molecule has 2 aromatic carbocycles. The topological polar surface area (TPSA) is 15.3 Å². The lowest BCUT2D eigenvalue weighted by Crippen LogP contribution is -2.33. The average molecular weight is 417 g/mol. The highest BCUT2D eigenvalue weighted by Gasteiger charge is 2.41. The Morgan fingerprint density at radius 2 is 1.75 bits per heavy atom. The number of fused-ring (bicyclic) bond motifs is 6. The lowest BCUT2D eigenvalue weighted by molar-refractivity contribution is 0.460. The summed E-state index contributed by atoms with van der Waals surface area (Å²) in [5.41, 5.74) is 10.2. The number of nitrogens with zero attached hydrogens (tertiary/aromatic N) is 1. The molecule has 32 heavy (non-hydrogen) atoms. The van der Waals surface area contributed by atoms with Crippen LogP contribution >= 0.6 is 0 Å². The van der Waals surface area contributed by atoms with Gasteiger partial charge in [-0.1, -0.05) is 72.9 Å². The fraction of sp³-hybridized carbons (Fsp3) is 0.267. The normalized spacial score (nSPS) is 29.8. The van der Waals surface area contributed by atoms with Crippen molar-refractivity contribution in [1.29, 1.82) is 0 Å². The van der Waals surface area contributed by atoms with Crippen molar-refractivity contribution in [2.24, 2.45) is 5.92 Å². The average Bonchev–Trinajstić information content (AvgIpc) is 3.39. The van der Waals surface area contributed by atoms with Crippen molar-refractivity contribution in [3.63, 3.8) is 0 Å². The maximum Gasteiger partial charge on any atom is 0.0638 e. The molecule has 4 atom stereocenters. The number of hydrogen-bond acceptors (Lipinski definition) is 2. The van der Waals surface area contributed by atoms with Gasteiger partial charge < -0.3 is 10.2 Å². The van der Waals surface area contributed by atoms with Crippen molar-refractivity contribution in [3.05, 3.63) is 113 Å². The van der Waals surface area contributed by atoms with E-state index in [1.807, 2.05) is 0 Å². The maximum atomic E-state index is 3.89. The summed E-state index contributed by atoms with van der Waals surface area (Å²) in [6.07, 6.45) is 19.0. The van der Waals surface area contributed by atoms with Gasteiger partial charge in [0.15, 0.2) is 0 Å². The van der Waals surface area contributed by atoms with Gasteiger partial charge in [0.1, 0.15) is 0 Å². The van der Waals surface area contributed by atoms with Crippen LogP contribution in [0.5, 0.6) is 0 Å². The van der Waals surface area contributed by atoms with Crippen molar-refractivity contribution in [3.8, 4) is 0 Å². The number of para-hydroxylation sites is 2. The van der Waals surface area contributed by atoms with Gasteiger partial charge in [-0.2, -0.15) is 0 Å². The summed E-state index contributed by atoms with van der Waals surface area (Å²) in [7, 11) is 0. The Hall–Kier alpha value is -3.10. The zero-order valence-electron chi connectivity index (χ0n) is 18.2. The smallest absolute Gasteiger partial charge is 0.0638 e. The minimum Gasteiger partial charge on any atom is -0.333 e. The molecule has 5 aliphatic rings. The van der Waals surface area contributed by atoms with Crippen molar-refractivity contribution in [1.82, 2.24) is 5.32 Å². The van der Waals surface area contributed by atoms with E-state index in [4.69, 9.17) is 0 Å². The van der Waals surface area contributed by atoms with Crippen molar-refractivity contribution in [2.45, 2.75) is 43.8 Å². The van der Waals surface area contributed by atoms with Crippen LogP contribution in [-0.4, -0.2) is 18.1 Å². The first-order valence-corrected chi connectivity index (χ1v) is 12.0. The van der Waals surface area contributed by atoms with E-state index in [0.717, 1.165) is 12.8 Å². The van der Waals surface area contributed by atoms with Crippen LogP contribution in [0.15, 0.2) is 108 Å². The standard InChI is InChI=1S/C30H28N2/c1-2-8-22(9-3-1)32-29-13-7-5-11-24(29)25-16-14-21(19-30(25)32)20-15-17-28-26(18-20)23-10-4-6-12-27(23)31-28/h1-11,13-14,16,18,26-28,30-31H,12,15,17,19H2. The second-order valence-electron chi connectivity index (χ2n) is 9.67. The summed E-state index contributed by atoms with van der Waals surface area (Å²) in [5, 5.41) is 3.89. The van der Waals surface area contributed by atoms with Gasteiger partial charge in [-0.25, -0.2) is 0 Å². The largest absolute Gasteiger partial charge is 0.333 e. The van der Waals surface area contributed by atoms with Crippen LogP contribution in [0.3, 0.4) is 0 Å². The molecular formula is C30H28N2. The molecule has 2 heteroatoms. The van der Waals surface area contributed by atoms with Gasteiger partial charge >= 0.3 is 0 Å². The molecule has 2 aliphatic heterocycles. The predicted octanol–water partition coefficient (Wildman–Crippen LogP) is 6.48. The first kappa shape index (κ1) is 18.5. The van der Waals surface area contributed by atoms with Gasteiger partial charge in [-0.15, -0.1) is 0 Å². The van der Waals surface area contributed by atoms with E-state index in [1.165, 1.54) is 40.9 Å². The molecular weight excluding hydrogens is 388 g/mol. The molecule has 2 heterocycles. The molecule has 0 aromatic heterocycles. The van der Waals surface area contributed by atoms with E-state index < -0.39 is 0 Å². The minimum absolute atomic E-state index is 0.375. The van der Waals surface area contributed by atoms with E-state index in [1.54, 1.807) is 11.1 Å². The number of nitrogens with one attached hydrogen (secondary N) is 1. The molecule has 7 rings (SSSR count). The molecule has 1 fully saturated rings. The highest BCUT2D eigenvalue weighted by Crippen LogP contribution is 2.50. The molecule has 3 aliphatic carbocycles. The summed E-state index contributed by atoms with van der Waals surface area (Å²) < 4.78 is 0. The van der Waals surface area contributed by atoms with E-state index in [2.05, 4.69) is 101 Å². The van der Waals surface area contributed by atoms with Crippen LogP contribution < -0.4 is 10.2 Å². The van der Waals surface area contributed by atoms with Crippen LogP contribution in [0.1, 0.15) is 31.2 Å². The molecule has 4 unspecified atom stereocenters. The zero-order chi connectivity index (χ0) is 21.1. The molecule has 0 saturated carbocycles. The Labute approximate surface area is 190 Å². The van der Waals surface area contributed by atoms with Crippen LogP contribution in [0.4, 0.5) is 11.4 Å². The Morgan fingerprint density at radius 3 is 2.69 bits per heavy atom. The van der Waals surface area contributed by atoms with Crippen LogP contribution in [0.25, 0.3) is 5.57 Å². The molecule has 0 radical (unpaired) electrons. The Kier molecular flexibility index (Phi) is 4.16. The SMILES string of the molecule is C1=CCC2NC3CCC(C4=CC=C5c6ccccc6N(c6ccccc6)C5C4)=CC3C2=C1. The van der Waals surface area contributed by atoms with E-state index in [0.29, 0.717) is 24.0 Å². The van der Waals surface area contributed by atoms with Crippen molar-refractivity contribution < 1.29 is 0 Å². The molecule has 1 N–H and O–H groups in total. The maximum absolute atomic E-state index is 3.89. The second kappa shape index (κ2) is 7.21. The van der Waals surface area contributed by atoms with Gasteiger partial charge in [0.2, 0.25) is 0 Å². The fourth-order valence-corrected chi connectivity index (χ4v) is 6.53. The third-order valence-corrected chi connectivity index (χ3v) is 8.01. The number of allylic oxidation sites excluding steroid dienone is 5. The summed E-state index contributed by atoms with van der Waals surface area (Å²) in [4.78, 5) is 2.56. The van der Waals surface area contributed by atoms with Crippen molar-refractivity contribution in [2.75, 3.05) is 4.90 Å². The summed E-state index contributed by atoms with van der Waals surface area (Å²) in [6, 6.07) is 21.3. The number of benzene rings is 2. The van der Waals surface area contributed by atoms with Gasteiger partial charge in [0.25, 0.3) is 0 Å². The van der Waals surface area contributed by atoms with Gasteiger partial charge in [-0.05, 0) is 66.2 Å². The zero-order valence-corrected chi connectivity index (χ0v) is 18.2. The predicted molar refractivity (Wildman–Crippen MR) is 133 cm³/mol. The first-order valence-electron chi connectivity index (χ1n) is 12.0. The number of hydrogen-bond donors (Lipinski definition) is 1.